The first-order chi connectivity index (χ1) is 10.7. The van der Waals surface area contributed by atoms with Gasteiger partial charge in [-0.1, -0.05) is 30.7 Å². The third-order valence-electron chi connectivity index (χ3n) is 3.25. The van der Waals surface area contributed by atoms with Crippen LogP contribution in [0.25, 0.3) is 22.6 Å². The van der Waals surface area contributed by atoms with Gasteiger partial charge in [0.1, 0.15) is 5.52 Å². The third-order valence-corrected chi connectivity index (χ3v) is 3.58. The molecule has 3 aromatic rings. The lowest BCUT2D eigenvalue weighted by molar-refractivity contribution is -0.116. The fraction of sp³-hybridized carbons (Fsp3) is 0.176. The van der Waals surface area contributed by atoms with E-state index in [1.54, 1.807) is 12.1 Å². The highest BCUT2D eigenvalue weighted by Gasteiger charge is 2.12. The van der Waals surface area contributed by atoms with E-state index in [1.807, 2.05) is 37.3 Å². The number of carbonyl (C=O) groups is 1. The molecule has 0 aliphatic heterocycles. The first-order valence-electron chi connectivity index (χ1n) is 7.12. The quantitative estimate of drug-likeness (QED) is 0.746. The standard InChI is InChI=1S/C17H15ClN2O2/c1-2-5-16(21)19-11-8-9-14-15(10-11)22-17(20-14)12-6-3-4-7-13(12)18/h3-4,6-10H,2,5H2,1H3,(H,19,21). The molecule has 0 unspecified atom stereocenters. The summed E-state index contributed by atoms with van der Waals surface area (Å²) in [6, 6.07) is 12.8. The van der Waals surface area contributed by atoms with Gasteiger partial charge in [0.25, 0.3) is 0 Å². The van der Waals surface area contributed by atoms with Crippen LogP contribution in [-0.4, -0.2) is 10.9 Å². The van der Waals surface area contributed by atoms with Crippen molar-refractivity contribution in [2.75, 3.05) is 5.32 Å². The molecule has 22 heavy (non-hydrogen) atoms. The van der Waals surface area contributed by atoms with Gasteiger partial charge in [-0.2, -0.15) is 0 Å². The van der Waals surface area contributed by atoms with Crippen molar-refractivity contribution >= 4 is 34.3 Å². The van der Waals surface area contributed by atoms with Gasteiger partial charge in [-0.3, -0.25) is 4.79 Å². The molecule has 0 aliphatic carbocycles. The topological polar surface area (TPSA) is 55.1 Å². The molecule has 0 spiro atoms. The average molecular weight is 315 g/mol. The predicted molar refractivity (Wildman–Crippen MR) is 88.0 cm³/mol. The average Bonchev–Trinajstić information content (AvgIpc) is 2.90. The molecule has 112 valence electrons. The molecule has 0 radical (unpaired) electrons. The highest BCUT2D eigenvalue weighted by atomic mass is 35.5. The number of carbonyl (C=O) groups excluding carboxylic acids is 1. The van der Waals surface area contributed by atoms with Gasteiger partial charge in [-0.25, -0.2) is 4.98 Å². The summed E-state index contributed by atoms with van der Waals surface area (Å²) in [4.78, 5) is 16.1. The molecule has 1 aromatic heterocycles. The number of hydrogen-bond donors (Lipinski definition) is 1. The zero-order valence-electron chi connectivity index (χ0n) is 12.1. The van der Waals surface area contributed by atoms with Crippen LogP contribution >= 0.6 is 11.6 Å². The number of halogens is 1. The van der Waals surface area contributed by atoms with Gasteiger partial charge >= 0.3 is 0 Å². The molecule has 1 N–H and O–H groups in total. The van der Waals surface area contributed by atoms with E-state index in [-0.39, 0.29) is 5.91 Å². The van der Waals surface area contributed by atoms with Crippen molar-refractivity contribution in [1.82, 2.24) is 4.98 Å². The normalized spacial score (nSPS) is 10.8. The van der Waals surface area contributed by atoms with Crippen LogP contribution in [0, 0.1) is 0 Å². The van der Waals surface area contributed by atoms with Crippen molar-refractivity contribution in [3.8, 4) is 11.5 Å². The number of nitrogens with one attached hydrogen (secondary N) is 1. The molecule has 1 heterocycles. The highest BCUT2D eigenvalue weighted by Crippen LogP contribution is 2.30. The molecule has 2 aromatic carbocycles. The largest absolute Gasteiger partial charge is 0.436 e. The first-order valence-corrected chi connectivity index (χ1v) is 7.50. The molecule has 0 aliphatic rings. The van der Waals surface area contributed by atoms with Crippen LogP contribution in [0.5, 0.6) is 0 Å². The van der Waals surface area contributed by atoms with Crippen LogP contribution < -0.4 is 5.32 Å². The van der Waals surface area contributed by atoms with E-state index in [9.17, 15) is 4.79 Å². The minimum atomic E-state index is -0.00677. The van der Waals surface area contributed by atoms with E-state index < -0.39 is 0 Å². The second kappa shape index (κ2) is 6.20. The van der Waals surface area contributed by atoms with Gasteiger partial charge in [-0.05, 0) is 30.7 Å². The smallest absolute Gasteiger partial charge is 0.228 e. The van der Waals surface area contributed by atoms with Gasteiger partial charge < -0.3 is 9.73 Å². The van der Waals surface area contributed by atoms with E-state index >= 15 is 0 Å². The number of fused-ring (bicyclic) bond motifs is 1. The first kappa shape index (κ1) is 14.6. The minimum absolute atomic E-state index is 0.00677. The van der Waals surface area contributed by atoms with Gasteiger partial charge in [-0.15, -0.1) is 0 Å². The van der Waals surface area contributed by atoms with E-state index in [2.05, 4.69) is 10.3 Å². The van der Waals surface area contributed by atoms with Crippen LogP contribution in [0.15, 0.2) is 46.9 Å². The Morgan fingerprint density at radius 2 is 2.09 bits per heavy atom. The Balaban J connectivity index is 1.94. The molecule has 5 heteroatoms. The fourth-order valence-corrected chi connectivity index (χ4v) is 2.42. The molecule has 3 rings (SSSR count). The van der Waals surface area contributed by atoms with Crippen LogP contribution in [0.3, 0.4) is 0 Å². The summed E-state index contributed by atoms with van der Waals surface area (Å²) in [6.45, 7) is 1.97. The number of oxazole rings is 1. The lowest BCUT2D eigenvalue weighted by Gasteiger charge is -2.02. The Hall–Kier alpha value is -2.33. The van der Waals surface area contributed by atoms with Gasteiger partial charge in [0.2, 0.25) is 11.8 Å². The van der Waals surface area contributed by atoms with Gasteiger partial charge in [0.05, 0.1) is 10.6 Å². The molecule has 0 atom stereocenters. The van der Waals surface area contributed by atoms with Crippen molar-refractivity contribution in [3.63, 3.8) is 0 Å². The Bertz CT molecular complexity index is 826. The summed E-state index contributed by atoms with van der Waals surface area (Å²) in [5.41, 5.74) is 2.79. The van der Waals surface area contributed by atoms with Crippen LogP contribution in [-0.2, 0) is 4.79 Å². The zero-order valence-corrected chi connectivity index (χ0v) is 12.9. The Morgan fingerprint density at radius 1 is 1.27 bits per heavy atom. The maximum atomic E-state index is 11.6. The second-order valence-electron chi connectivity index (χ2n) is 4.98. The molecule has 1 amide bonds. The number of aromatic nitrogens is 1. The second-order valence-corrected chi connectivity index (χ2v) is 5.39. The van der Waals surface area contributed by atoms with Gasteiger partial charge in [0, 0.05) is 18.2 Å². The number of rotatable bonds is 4. The van der Waals surface area contributed by atoms with Crippen LogP contribution in [0.1, 0.15) is 19.8 Å². The Kier molecular flexibility index (Phi) is 4.11. The van der Waals surface area contributed by atoms with Crippen molar-refractivity contribution in [2.24, 2.45) is 0 Å². The lowest BCUT2D eigenvalue weighted by Crippen LogP contribution is -2.10. The molecule has 0 saturated carbocycles. The maximum absolute atomic E-state index is 11.6. The Labute approximate surface area is 133 Å². The summed E-state index contributed by atoms with van der Waals surface area (Å²) in [6.07, 6.45) is 1.31. The molecule has 0 bridgehead atoms. The monoisotopic (exact) mass is 314 g/mol. The highest BCUT2D eigenvalue weighted by molar-refractivity contribution is 6.33. The maximum Gasteiger partial charge on any atom is 0.228 e. The summed E-state index contributed by atoms with van der Waals surface area (Å²) in [5, 5.41) is 3.43. The third kappa shape index (κ3) is 2.97. The summed E-state index contributed by atoms with van der Waals surface area (Å²) in [5.74, 6) is 0.463. The SMILES string of the molecule is CCCC(=O)Nc1ccc2nc(-c3ccccc3Cl)oc2c1. The molecule has 0 saturated heterocycles. The van der Waals surface area contributed by atoms with Crippen LogP contribution in [0.2, 0.25) is 5.02 Å². The van der Waals surface area contributed by atoms with E-state index in [1.165, 1.54) is 0 Å². The summed E-state index contributed by atoms with van der Waals surface area (Å²) < 4.78 is 5.77. The van der Waals surface area contributed by atoms with Crippen molar-refractivity contribution in [2.45, 2.75) is 19.8 Å². The predicted octanol–water partition coefficient (Wildman–Crippen LogP) is 4.89. The van der Waals surface area contributed by atoms with E-state index in [4.69, 9.17) is 16.0 Å². The van der Waals surface area contributed by atoms with E-state index in [0.29, 0.717) is 28.6 Å². The minimum Gasteiger partial charge on any atom is -0.436 e. The zero-order chi connectivity index (χ0) is 15.5. The van der Waals surface area contributed by atoms with Crippen molar-refractivity contribution in [3.05, 3.63) is 47.5 Å². The number of amides is 1. The van der Waals surface area contributed by atoms with Gasteiger partial charge in [0.15, 0.2) is 5.58 Å². The number of anilines is 1. The van der Waals surface area contributed by atoms with E-state index in [0.717, 1.165) is 17.5 Å². The molecular weight excluding hydrogens is 300 g/mol. The van der Waals surface area contributed by atoms with Crippen molar-refractivity contribution < 1.29 is 9.21 Å². The number of hydrogen-bond acceptors (Lipinski definition) is 3. The molecule has 4 nitrogen and oxygen atoms in total. The Morgan fingerprint density at radius 3 is 2.86 bits per heavy atom. The van der Waals surface area contributed by atoms with Crippen molar-refractivity contribution in [1.29, 1.82) is 0 Å². The summed E-state index contributed by atoms with van der Waals surface area (Å²) in [7, 11) is 0. The fourth-order valence-electron chi connectivity index (χ4n) is 2.20. The number of nitrogens with zero attached hydrogens (tertiary/aromatic N) is 1. The molecular formula is C17H15ClN2O2. The number of benzene rings is 2. The lowest BCUT2D eigenvalue weighted by atomic mass is 10.2. The molecule has 0 fully saturated rings. The van der Waals surface area contributed by atoms with Crippen LogP contribution in [0.4, 0.5) is 5.69 Å². The summed E-state index contributed by atoms with van der Waals surface area (Å²) >= 11 is 6.16.